The van der Waals surface area contributed by atoms with Gasteiger partial charge in [0.25, 0.3) is 0 Å². The molecule has 0 bridgehead atoms. The molecule has 0 fully saturated rings. The minimum absolute atomic E-state index is 0.0131. The van der Waals surface area contributed by atoms with E-state index < -0.39 is 54.2 Å². The summed E-state index contributed by atoms with van der Waals surface area (Å²) in [6.07, 6.45) is -0.829. The zero-order valence-corrected chi connectivity index (χ0v) is 19.9. The third-order valence-corrected chi connectivity index (χ3v) is 5.39. The van der Waals surface area contributed by atoms with Gasteiger partial charge in [-0.2, -0.15) is 0 Å². The predicted molar refractivity (Wildman–Crippen MR) is 131 cm³/mol. The van der Waals surface area contributed by atoms with Gasteiger partial charge in [-0.15, -0.1) is 0 Å². The van der Waals surface area contributed by atoms with Crippen LogP contribution in [-0.2, 0) is 36.8 Å². The maximum Gasteiger partial charge on any atom is 0.326 e. The Bertz CT molecular complexity index is 1090. The molecule has 0 aliphatic carbocycles. The van der Waals surface area contributed by atoms with Gasteiger partial charge in [-0.05, 0) is 29.7 Å². The fourth-order valence-electron chi connectivity index (χ4n) is 3.46. The van der Waals surface area contributed by atoms with Crippen molar-refractivity contribution >= 4 is 29.7 Å². The van der Waals surface area contributed by atoms with Crippen molar-refractivity contribution < 1.29 is 39.3 Å². The van der Waals surface area contributed by atoms with Crippen molar-refractivity contribution in [2.75, 3.05) is 6.54 Å². The number of aromatic hydroxyl groups is 1. The van der Waals surface area contributed by atoms with Crippen LogP contribution in [0.4, 0.5) is 0 Å². The topological polar surface area (TPSA) is 208 Å². The Morgan fingerprint density at radius 1 is 0.730 bits per heavy atom. The van der Waals surface area contributed by atoms with E-state index in [9.17, 15) is 34.2 Å². The highest BCUT2D eigenvalue weighted by Gasteiger charge is 2.30. The first kappa shape index (κ1) is 28.8. The van der Waals surface area contributed by atoms with Gasteiger partial charge in [0.1, 0.15) is 23.9 Å². The van der Waals surface area contributed by atoms with Crippen LogP contribution in [0.1, 0.15) is 24.0 Å². The normalized spacial score (nSPS) is 13.0. The van der Waals surface area contributed by atoms with E-state index in [0.717, 1.165) is 5.56 Å². The maximum atomic E-state index is 13.2. The minimum atomic E-state index is -1.50. The van der Waals surface area contributed by atoms with Crippen molar-refractivity contribution in [3.05, 3.63) is 65.7 Å². The minimum Gasteiger partial charge on any atom is -0.508 e. The molecule has 2 aromatic carbocycles. The number of phenols is 1. The van der Waals surface area contributed by atoms with E-state index in [4.69, 9.17) is 10.8 Å². The van der Waals surface area contributed by atoms with Crippen molar-refractivity contribution in [2.45, 2.75) is 43.8 Å². The van der Waals surface area contributed by atoms with Gasteiger partial charge in [-0.3, -0.25) is 19.2 Å². The second-order valence-electron chi connectivity index (χ2n) is 8.28. The molecular formula is C25H30N4O8. The van der Waals surface area contributed by atoms with Crippen LogP contribution in [-0.4, -0.2) is 69.7 Å². The molecule has 37 heavy (non-hydrogen) atoms. The van der Waals surface area contributed by atoms with Crippen LogP contribution in [0.3, 0.4) is 0 Å². The molecule has 3 unspecified atom stereocenters. The molecule has 3 atom stereocenters. The second-order valence-corrected chi connectivity index (χ2v) is 8.28. The Morgan fingerprint density at radius 3 is 1.76 bits per heavy atom. The molecule has 0 heterocycles. The smallest absolute Gasteiger partial charge is 0.326 e. The molecule has 0 spiro atoms. The number of carbonyl (C=O) groups excluding carboxylic acids is 3. The summed E-state index contributed by atoms with van der Waals surface area (Å²) in [5.74, 6) is -4.82. The van der Waals surface area contributed by atoms with Crippen LogP contribution < -0.4 is 21.7 Å². The number of carbonyl (C=O) groups is 5. The predicted octanol–water partition coefficient (Wildman–Crippen LogP) is -0.460. The molecule has 12 heteroatoms. The largest absolute Gasteiger partial charge is 0.508 e. The molecule has 2 aromatic rings. The number of amides is 3. The number of carboxylic acids is 2. The zero-order chi connectivity index (χ0) is 27.4. The molecule has 0 radical (unpaired) electrons. The number of phenolic OH excluding ortho intramolecular Hbond substituents is 1. The van der Waals surface area contributed by atoms with E-state index in [-0.39, 0.29) is 31.6 Å². The molecule has 2 rings (SSSR count). The number of nitrogens with one attached hydrogen (secondary N) is 3. The third kappa shape index (κ3) is 9.98. The average Bonchev–Trinajstić information content (AvgIpc) is 2.86. The van der Waals surface area contributed by atoms with Crippen LogP contribution in [0.5, 0.6) is 5.75 Å². The van der Waals surface area contributed by atoms with Crippen LogP contribution >= 0.6 is 0 Å². The number of benzene rings is 2. The summed E-state index contributed by atoms with van der Waals surface area (Å²) in [6.45, 7) is -0.361. The Hall–Kier alpha value is -4.45. The lowest BCUT2D eigenvalue weighted by Crippen LogP contribution is -2.57. The van der Waals surface area contributed by atoms with Gasteiger partial charge in [-0.1, -0.05) is 42.5 Å². The average molecular weight is 515 g/mol. The van der Waals surface area contributed by atoms with Crippen LogP contribution in [0.15, 0.2) is 54.6 Å². The van der Waals surface area contributed by atoms with Crippen molar-refractivity contribution in [1.29, 1.82) is 0 Å². The zero-order valence-electron chi connectivity index (χ0n) is 19.9. The lowest BCUT2D eigenvalue weighted by Gasteiger charge is -2.24. The van der Waals surface area contributed by atoms with Gasteiger partial charge in [0.15, 0.2) is 0 Å². The van der Waals surface area contributed by atoms with E-state index in [1.54, 1.807) is 30.3 Å². The first-order chi connectivity index (χ1) is 17.6. The maximum absolute atomic E-state index is 13.2. The first-order valence-electron chi connectivity index (χ1n) is 11.5. The van der Waals surface area contributed by atoms with Crippen molar-refractivity contribution in [1.82, 2.24) is 16.0 Å². The highest BCUT2D eigenvalue weighted by molar-refractivity contribution is 5.94. The lowest BCUT2D eigenvalue weighted by molar-refractivity contribution is -0.143. The molecule has 0 aliphatic heterocycles. The summed E-state index contributed by atoms with van der Waals surface area (Å²) < 4.78 is 0. The van der Waals surface area contributed by atoms with Gasteiger partial charge in [0, 0.05) is 19.3 Å². The summed E-state index contributed by atoms with van der Waals surface area (Å²) in [4.78, 5) is 60.7. The first-order valence-corrected chi connectivity index (χ1v) is 11.5. The van der Waals surface area contributed by atoms with E-state index >= 15 is 0 Å². The van der Waals surface area contributed by atoms with Gasteiger partial charge in [0.2, 0.25) is 17.7 Å². The van der Waals surface area contributed by atoms with Gasteiger partial charge in [0.05, 0.1) is 6.54 Å². The SMILES string of the molecule is NCC(=O)NC(Cc1ccccc1)C(=O)NC(Cc1ccc(O)cc1)C(=O)NC(CCC(=O)O)C(=O)O. The van der Waals surface area contributed by atoms with Crippen LogP contribution in [0, 0.1) is 0 Å². The Morgan fingerprint density at radius 2 is 1.24 bits per heavy atom. The Balaban J connectivity index is 2.27. The number of carboxylic acid groups (broad SMARTS) is 2. The van der Waals surface area contributed by atoms with Crippen molar-refractivity contribution in [3.8, 4) is 5.75 Å². The third-order valence-electron chi connectivity index (χ3n) is 5.39. The van der Waals surface area contributed by atoms with E-state index in [0.29, 0.717) is 5.56 Å². The summed E-state index contributed by atoms with van der Waals surface area (Å²) in [6, 6.07) is 10.8. The van der Waals surface area contributed by atoms with Crippen molar-refractivity contribution in [3.63, 3.8) is 0 Å². The Labute approximate surface area is 212 Å². The fraction of sp³-hybridized carbons (Fsp3) is 0.320. The molecule has 8 N–H and O–H groups in total. The lowest BCUT2D eigenvalue weighted by atomic mass is 10.0. The number of aliphatic carboxylic acids is 2. The van der Waals surface area contributed by atoms with Crippen LogP contribution in [0.2, 0.25) is 0 Å². The molecule has 12 nitrogen and oxygen atoms in total. The van der Waals surface area contributed by atoms with Crippen LogP contribution in [0.25, 0.3) is 0 Å². The van der Waals surface area contributed by atoms with E-state index in [1.807, 2.05) is 0 Å². The van der Waals surface area contributed by atoms with E-state index in [1.165, 1.54) is 24.3 Å². The summed E-state index contributed by atoms with van der Waals surface area (Å²) in [5, 5.41) is 35.2. The number of hydrogen-bond acceptors (Lipinski definition) is 7. The highest BCUT2D eigenvalue weighted by Crippen LogP contribution is 2.12. The van der Waals surface area contributed by atoms with Crippen molar-refractivity contribution in [2.24, 2.45) is 5.73 Å². The summed E-state index contributed by atoms with van der Waals surface area (Å²) in [7, 11) is 0. The Kier molecular flexibility index (Phi) is 11.0. The summed E-state index contributed by atoms with van der Waals surface area (Å²) in [5.41, 5.74) is 6.66. The monoisotopic (exact) mass is 514 g/mol. The molecule has 0 aliphatic rings. The molecule has 0 aromatic heterocycles. The molecule has 0 saturated heterocycles. The molecule has 3 amide bonds. The number of hydrogen-bond donors (Lipinski definition) is 7. The quantitative estimate of drug-likeness (QED) is 0.174. The van der Waals surface area contributed by atoms with E-state index in [2.05, 4.69) is 16.0 Å². The van der Waals surface area contributed by atoms with Gasteiger partial charge >= 0.3 is 11.9 Å². The van der Waals surface area contributed by atoms with Gasteiger partial charge < -0.3 is 37.0 Å². The molecular weight excluding hydrogens is 484 g/mol. The van der Waals surface area contributed by atoms with Gasteiger partial charge in [-0.25, -0.2) is 4.79 Å². The summed E-state index contributed by atoms with van der Waals surface area (Å²) >= 11 is 0. The highest BCUT2D eigenvalue weighted by atomic mass is 16.4. The standard InChI is InChI=1S/C25H30N4O8/c26-14-21(31)27-19(12-15-4-2-1-3-5-15)23(34)29-20(13-16-6-8-17(30)9-7-16)24(35)28-18(25(36)37)10-11-22(32)33/h1-9,18-20,30H,10-14,26H2,(H,27,31)(H,28,35)(H,29,34)(H,32,33)(H,36,37). The molecule has 198 valence electrons. The number of nitrogens with two attached hydrogens (primary N) is 1. The second kappa shape index (κ2) is 14.2. The molecule has 0 saturated carbocycles. The number of rotatable bonds is 14. The fourth-order valence-corrected chi connectivity index (χ4v) is 3.46.